The van der Waals surface area contributed by atoms with E-state index in [1.54, 1.807) is 0 Å². The number of nitrogens with zero attached hydrogens (tertiary/aromatic N) is 1. The van der Waals surface area contributed by atoms with Crippen LogP contribution in [-0.4, -0.2) is 30.2 Å². The second-order valence-corrected chi connectivity index (χ2v) is 7.80. The van der Waals surface area contributed by atoms with E-state index in [4.69, 9.17) is 4.74 Å². The molecule has 0 aromatic heterocycles. The van der Waals surface area contributed by atoms with Crippen LogP contribution in [0.2, 0.25) is 0 Å². The maximum atomic E-state index is 5.80. The van der Waals surface area contributed by atoms with Gasteiger partial charge in [0.25, 0.3) is 0 Å². The first kappa shape index (κ1) is 18.1. The highest BCUT2D eigenvalue weighted by Gasteiger charge is 2.20. The quantitative estimate of drug-likeness (QED) is 0.764. The molecule has 23 heavy (non-hydrogen) atoms. The van der Waals surface area contributed by atoms with Crippen molar-refractivity contribution in [3.8, 4) is 0 Å². The van der Waals surface area contributed by atoms with Crippen molar-refractivity contribution in [1.29, 1.82) is 0 Å². The van der Waals surface area contributed by atoms with Crippen LogP contribution in [0.3, 0.4) is 0 Å². The van der Waals surface area contributed by atoms with Gasteiger partial charge >= 0.3 is 0 Å². The van der Waals surface area contributed by atoms with Crippen molar-refractivity contribution in [2.75, 3.05) is 13.1 Å². The van der Waals surface area contributed by atoms with E-state index in [0.717, 1.165) is 19.5 Å². The first-order valence-electron chi connectivity index (χ1n) is 8.96. The molecule has 2 atom stereocenters. The van der Waals surface area contributed by atoms with Crippen molar-refractivity contribution in [2.45, 2.75) is 72.0 Å². The van der Waals surface area contributed by atoms with Crippen LogP contribution in [0.25, 0.3) is 0 Å². The molecule has 1 aromatic rings. The summed E-state index contributed by atoms with van der Waals surface area (Å²) in [5.41, 5.74) is 4.50. The highest BCUT2D eigenvalue weighted by Crippen LogP contribution is 2.27. The normalized spacial score (nSPS) is 23.2. The average Bonchev–Trinajstić information content (AvgIpc) is 2.46. The highest BCUT2D eigenvalue weighted by atomic mass is 16.5. The molecule has 1 heterocycles. The molecule has 0 spiro atoms. The lowest BCUT2D eigenvalue weighted by atomic mass is 9.82. The van der Waals surface area contributed by atoms with Gasteiger partial charge in [0.2, 0.25) is 0 Å². The van der Waals surface area contributed by atoms with Gasteiger partial charge < -0.3 is 9.64 Å². The molecular weight excluding hydrogens is 282 g/mol. The fourth-order valence-corrected chi connectivity index (χ4v) is 3.28. The van der Waals surface area contributed by atoms with Gasteiger partial charge in [0.1, 0.15) is 0 Å². The number of hydrogen-bond acceptors (Lipinski definition) is 2. The summed E-state index contributed by atoms with van der Waals surface area (Å²) in [5.74, 6) is 0. The molecule has 0 unspecified atom stereocenters. The van der Waals surface area contributed by atoms with Crippen LogP contribution in [0.5, 0.6) is 0 Å². The molecule has 1 saturated heterocycles. The predicted octanol–water partition coefficient (Wildman–Crippen LogP) is 4.93. The van der Waals surface area contributed by atoms with Gasteiger partial charge in [0.05, 0.1) is 12.2 Å². The van der Waals surface area contributed by atoms with Crippen molar-refractivity contribution in [3.05, 3.63) is 47.2 Å². The van der Waals surface area contributed by atoms with Gasteiger partial charge in [-0.3, -0.25) is 0 Å². The summed E-state index contributed by atoms with van der Waals surface area (Å²) in [6.07, 6.45) is 5.14. The Balaban J connectivity index is 1.99. The van der Waals surface area contributed by atoms with Gasteiger partial charge in [-0.15, -0.1) is 0 Å². The largest absolute Gasteiger partial charge is 0.372 e. The van der Waals surface area contributed by atoms with Crippen molar-refractivity contribution in [3.63, 3.8) is 0 Å². The van der Waals surface area contributed by atoms with E-state index in [1.807, 2.05) is 0 Å². The minimum atomic E-state index is 0.267. The Bertz CT molecular complexity index is 519. The van der Waals surface area contributed by atoms with Crippen LogP contribution >= 0.6 is 0 Å². The minimum Gasteiger partial charge on any atom is -0.372 e. The Morgan fingerprint density at radius 2 is 1.74 bits per heavy atom. The third-order valence-electron chi connectivity index (χ3n) is 4.95. The molecule has 0 amide bonds. The van der Waals surface area contributed by atoms with Gasteiger partial charge in [-0.05, 0) is 56.4 Å². The zero-order valence-corrected chi connectivity index (χ0v) is 15.7. The molecule has 0 radical (unpaired) electrons. The second-order valence-electron chi connectivity index (χ2n) is 7.80. The average molecular weight is 316 g/mol. The summed E-state index contributed by atoms with van der Waals surface area (Å²) in [6.45, 7) is 15.4. The first-order valence-corrected chi connectivity index (χ1v) is 8.96. The molecule has 1 aliphatic heterocycles. The summed E-state index contributed by atoms with van der Waals surface area (Å²) in [6, 6.07) is 9.17. The lowest BCUT2D eigenvalue weighted by Crippen LogP contribution is -2.42. The van der Waals surface area contributed by atoms with E-state index in [1.165, 1.54) is 23.1 Å². The van der Waals surface area contributed by atoms with Gasteiger partial charge in [0.15, 0.2) is 0 Å². The molecule has 2 nitrogen and oxygen atoms in total. The summed E-state index contributed by atoms with van der Waals surface area (Å²) in [4.78, 5) is 2.41. The van der Waals surface area contributed by atoms with Crippen LogP contribution in [0.15, 0.2) is 36.0 Å². The number of benzene rings is 1. The van der Waals surface area contributed by atoms with Gasteiger partial charge in [-0.25, -0.2) is 0 Å². The number of hydrogen-bond donors (Lipinski definition) is 0. The summed E-state index contributed by atoms with van der Waals surface area (Å²) < 4.78 is 5.80. The Morgan fingerprint density at radius 1 is 1.17 bits per heavy atom. The van der Waals surface area contributed by atoms with Crippen molar-refractivity contribution < 1.29 is 4.74 Å². The third kappa shape index (κ3) is 5.10. The number of allylic oxidation sites excluding steroid dienone is 1. The second kappa shape index (κ2) is 7.53. The minimum absolute atomic E-state index is 0.267. The fourth-order valence-electron chi connectivity index (χ4n) is 3.28. The fraction of sp³-hybridized carbons (Fsp3) is 0.619. The molecule has 1 aliphatic rings. The van der Waals surface area contributed by atoms with E-state index in [9.17, 15) is 0 Å². The molecule has 1 aromatic carbocycles. The van der Waals surface area contributed by atoms with Gasteiger partial charge in [0, 0.05) is 13.1 Å². The van der Waals surface area contributed by atoms with E-state index in [-0.39, 0.29) is 5.41 Å². The lowest BCUT2D eigenvalue weighted by molar-refractivity contribution is -0.0543. The third-order valence-corrected chi connectivity index (χ3v) is 4.95. The first-order chi connectivity index (χ1) is 10.8. The Kier molecular flexibility index (Phi) is 5.91. The van der Waals surface area contributed by atoms with Crippen molar-refractivity contribution >= 4 is 0 Å². The number of rotatable bonds is 5. The van der Waals surface area contributed by atoms with Crippen molar-refractivity contribution in [2.24, 2.45) is 0 Å². The molecule has 0 aliphatic carbocycles. The van der Waals surface area contributed by atoms with Crippen LogP contribution in [0.1, 0.15) is 59.1 Å². The molecule has 2 rings (SSSR count). The van der Waals surface area contributed by atoms with Crippen LogP contribution in [0, 0.1) is 0 Å². The van der Waals surface area contributed by atoms with Crippen LogP contribution in [-0.2, 0) is 16.6 Å². The summed E-state index contributed by atoms with van der Waals surface area (Å²) >= 11 is 0. The standard InChI is InChI=1S/C21H33NO/c1-7-21(5,6)20-10-8-19(9-11-20)12-16(2)13-22-14-17(3)23-18(4)15-22/h8-11,13,17-18H,7,12,14-15H2,1-6H3/b16-13+/t17-,18+. The zero-order chi connectivity index (χ0) is 17.0. The molecule has 2 heteroatoms. The van der Waals surface area contributed by atoms with E-state index >= 15 is 0 Å². The van der Waals surface area contributed by atoms with Gasteiger partial charge in [-0.2, -0.15) is 0 Å². The SMILES string of the molecule is CCC(C)(C)c1ccc(C/C(C)=C/N2C[C@@H](C)O[C@@H](C)C2)cc1. The van der Waals surface area contributed by atoms with E-state index in [2.05, 4.69) is 76.9 Å². The maximum absolute atomic E-state index is 5.80. The molecule has 0 saturated carbocycles. The highest BCUT2D eigenvalue weighted by molar-refractivity contribution is 5.30. The molecule has 0 bridgehead atoms. The van der Waals surface area contributed by atoms with Crippen LogP contribution in [0.4, 0.5) is 0 Å². The number of ether oxygens (including phenoxy) is 1. The maximum Gasteiger partial charge on any atom is 0.0726 e. The number of morpholine rings is 1. The summed E-state index contributed by atoms with van der Waals surface area (Å²) in [7, 11) is 0. The lowest BCUT2D eigenvalue weighted by Gasteiger charge is -2.35. The van der Waals surface area contributed by atoms with E-state index < -0.39 is 0 Å². The zero-order valence-electron chi connectivity index (χ0n) is 15.7. The molecular formula is C21H33NO. The topological polar surface area (TPSA) is 12.5 Å². The Labute approximate surface area is 142 Å². The Morgan fingerprint density at radius 3 is 2.26 bits per heavy atom. The predicted molar refractivity (Wildman–Crippen MR) is 98.8 cm³/mol. The monoisotopic (exact) mass is 315 g/mol. The van der Waals surface area contributed by atoms with Crippen molar-refractivity contribution in [1.82, 2.24) is 4.90 Å². The molecule has 1 fully saturated rings. The van der Waals surface area contributed by atoms with Gasteiger partial charge in [-0.1, -0.05) is 50.6 Å². The Hall–Kier alpha value is -1.28. The summed E-state index contributed by atoms with van der Waals surface area (Å²) in [5, 5.41) is 0. The smallest absolute Gasteiger partial charge is 0.0726 e. The van der Waals surface area contributed by atoms with Crippen LogP contribution < -0.4 is 0 Å². The molecule has 128 valence electrons. The van der Waals surface area contributed by atoms with E-state index in [0.29, 0.717) is 12.2 Å². The molecule has 0 N–H and O–H groups in total.